The predicted octanol–water partition coefficient (Wildman–Crippen LogP) is 2.28. The molecule has 0 atom stereocenters. The number of hydrogen-bond donors (Lipinski definition) is 1. The Labute approximate surface area is 142 Å². The Morgan fingerprint density at radius 2 is 2.04 bits per heavy atom. The molecule has 0 radical (unpaired) electrons. The van der Waals surface area contributed by atoms with E-state index in [2.05, 4.69) is 4.98 Å². The average Bonchev–Trinajstić information content (AvgIpc) is 2.96. The molecule has 1 aromatic carbocycles. The largest absolute Gasteiger partial charge is 0.489 e. The van der Waals surface area contributed by atoms with Gasteiger partial charge in [-0.2, -0.15) is 0 Å². The number of aromatic nitrogens is 2. The van der Waals surface area contributed by atoms with Crippen LogP contribution in [0.2, 0.25) is 0 Å². The second-order valence-corrected chi connectivity index (χ2v) is 6.10. The quantitative estimate of drug-likeness (QED) is 0.771. The van der Waals surface area contributed by atoms with Gasteiger partial charge in [0.2, 0.25) is 0 Å². The third kappa shape index (κ3) is 3.36. The lowest BCUT2D eigenvalue weighted by molar-refractivity contribution is 0.100. The van der Waals surface area contributed by atoms with Crippen molar-refractivity contribution in [2.24, 2.45) is 5.73 Å². The van der Waals surface area contributed by atoms with Crippen molar-refractivity contribution >= 4 is 17.2 Å². The van der Waals surface area contributed by atoms with Crippen LogP contribution in [0.25, 0.3) is 5.13 Å². The van der Waals surface area contributed by atoms with E-state index in [4.69, 9.17) is 10.5 Å². The number of thiazole rings is 1. The van der Waals surface area contributed by atoms with E-state index in [1.807, 2.05) is 30.3 Å². The number of amides is 1. The van der Waals surface area contributed by atoms with Crippen molar-refractivity contribution < 1.29 is 9.53 Å². The molecule has 24 heavy (non-hydrogen) atoms. The van der Waals surface area contributed by atoms with Gasteiger partial charge in [-0.05, 0) is 18.6 Å². The van der Waals surface area contributed by atoms with Gasteiger partial charge < -0.3 is 10.5 Å². The zero-order valence-corrected chi connectivity index (χ0v) is 13.7. The zero-order valence-electron chi connectivity index (χ0n) is 12.9. The summed E-state index contributed by atoms with van der Waals surface area (Å²) in [7, 11) is 0. The van der Waals surface area contributed by atoms with Crippen molar-refractivity contribution in [1.82, 2.24) is 9.55 Å². The van der Waals surface area contributed by atoms with Gasteiger partial charge in [0.05, 0.1) is 5.69 Å². The number of nitrogens with two attached hydrogens (primary N) is 1. The molecule has 122 valence electrons. The van der Waals surface area contributed by atoms with E-state index in [0.29, 0.717) is 28.1 Å². The highest BCUT2D eigenvalue weighted by Crippen LogP contribution is 2.20. The summed E-state index contributed by atoms with van der Waals surface area (Å²) >= 11 is 1.09. The van der Waals surface area contributed by atoms with E-state index in [1.165, 1.54) is 10.6 Å². The van der Waals surface area contributed by atoms with Gasteiger partial charge in [0.25, 0.3) is 11.5 Å². The summed E-state index contributed by atoms with van der Waals surface area (Å²) < 4.78 is 6.99. The number of primary amides is 1. The maximum atomic E-state index is 12.3. The smallest absolute Gasteiger partial charge is 0.260 e. The summed E-state index contributed by atoms with van der Waals surface area (Å²) in [6.45, 7) is 2.06. The molecule has 6 nitrogen and oxygen atoms in total. The Bertz CT molecular complexity index is 932. The fraction of sp³-hybridized carbons (Fsp3) is 0.118. The number of nitrogens with zero attached hydrogens (tertiary/aromatic N) is 2. The number of hydrogen-bond acceptors (Lipinski definition) is 5. The molecule has 0 aliphatic rings. The lowest BCUT2D eigenvalue weighted by Gasteiger charge is -2.07. The van der Waals surface area contributed by atoms with Gasteiger partial charge in [0, 0.05) is 12.3 Å². The number of carbonyl (C=O) groups is 1. The van der Waals surface area contributed by atoms with Gasteiger partial charge >= 0.3 is 0 Å². The van der Waals surface area contributed by atoms with Gasteiger partial charge in [0.1, 0.15) is 17.2 Å². The Kier molecular flexibility index (Phi) is 4.43. The fourth-order valence-electron chi connectivity index (χ4n) is 2.16. The molecule has 0 spiro atoms. The van der Waals surface area contributed by atoms with Gasteiger partial charge in [-0.1, -0.05) is 41.7 Å². The molecule has 0 aliphatic heterocycles. The molecule has 3 aromatic rings. The first-order chi connectivity index (χ1) is 11.5. The molecular weight excluding hydrogens is 326 g/mol. The molecule has 0 bridgehead atoms. The second-order valence-electron chi connectivity index (χ2n) is 5.12. The predicted molar refractivity (Wildman–Crippen MR) is 91.7 cm³/mol. The van der Waals surface area contributed by atoms with Crippen molar-refractivity contribution in [3.8, 4) is 10.9 Å². The molecule has 2 N–H and O–H groups in total. The van der Waals surface area contributed by atoms with E-state index in [0.717, 1.165) is 16.9 Å². The third-order valence-electron chi connectivity index (χ3n) is 3.35. The van der Waals surface area contributed by atoms with Gasteiger partial charge in [-0.15, -0.1) is 0 Å². The van der Waals surface area contributed by atoms with Crippen LogP contribution in [0.15, 0.2) is 53.5 Å². The molecular formula is C17H15N3O3S. The maximum absolute atomic E-state index is 12.3. The van der Waals surface area contributed by atoms with E-state index >= 15 is 0 Å². The lowest BCUT2D eigenvalue weighted by atomic mass is 10.2. The first-order valence-electron chi connectivity index (χ1n) is 7.21. The van der Waals surface area contributed by atoms with Gasteiger partial charge in [-0.3, -0.25) is 14.2 Å². The highest BCUT2D eigenvalue weighted by Gasteiger charge is 2.14. The van der Waals surface area contributed by atoms with Crippen LogP contribution in [-0.4, -0.2) is 15.5 Å². The molecule has 0 saturated heterocycles. The standard InChI is InChI=1S/C17H15N3O3S/c1-11-15(16(18)22)24-17(19-11)20-8-7-13(9-14(20)21)23-10-12-5-3-2-4-6-12/h2-9H,10H2,1H3,(H2,18,22). The molecule has 0 saturated carbocycles. The first kappa shape index (κ1) is 15.9. The molecule has 0 aliphatic carbocycles. The summed E-state index contributed by atoms with van der Waals surface area (Å²) in [4.78, 5) is 28.2. The Morgan fingerprint density at radius 1 is 1.29 bits per heavy atom. The first-order valence-corrected chi connectivity index (χ1v) is 8.03. The summed E-state index contributed by atoms with van der Waals surface area (Å²) in [5, 5.41) is 0.404. The van der Waals surface area contributed by atoms with E-state index in [1.54, 1.807) is 19.2 Å². The number of rotatable bonds is 5. The summed E-state index contributed by atoms with van der Waals surface area (Å²) in [5.41, 5.74) is 6.53. The molecule has 2 aromatic heterocycles. The SMILES string of the molecule is Cc1nc(-n2ccc(OCc3ccccc3)cc2=O)sc1C(N)=O. The maximum Gasteiger partial charge on any atom is 0.260 e. The molecule has 7 heteroatoms. The van der Waals surface area contributed by atoms with Crippen LogP contribution >= 0.6 is 11.3 Å². The lowest BCUT2D eigenvalue weighted by Crippen LogP contribution is -2.16. The van der Waals surface area contributed by atoms with Crippen molar-refractivity contribution in [2.75, 3.05) is 0 Å². The fourth-order valence-corrected chi connectivity index (χ4v) is 3.07. The van der Waals surface area contributed by atoms with Crippen LogP contribution in [0.4, 0.5) is 0 Å². The second kappa shape index (κ2) is 6.67. The van der Waals surface area contributed by atoms with Gasteiger partial charge in [-0.25, -0.2) is 4.98 Å². The molecule has 3 rings (SSSR count). The minimum Gasteiger partial charge on any atom is -0.489 e. The number of ether oxygens (including phenoxy) is 1. The number of carbonyl (C=O) groups excluding carboxylic acids is 1. The van der Waals surface area contributed by atoms with E-state index < -0.39 is 5.91 Å². The minimum absolute atomic E-state index is 0.287. The Hall–Kier alpha value is -2.93. The molecule has 0 unspecified atom stereocenters. The number of benzene rings is 1. The average molecular weight is 341 g/mol. The van der Waals surface area contributed by atoms with Crippen molar-refractivity contribution in [2.45, 2.75) is 13.5 Å². The van der Waals surface area contributed by atoms with E-state index in [-0.39, 0.29) is 5.56 Å². The van der Waals surface area contributed by atoms with Crippen molar-refractivity contribution in [3.05, 3.63) is 75.1 Å². The normalized spacial score (nSPS) is 10.5. The van der Waals surface area contributed by atoms with Crippen LogP contribution < -0.4 is 16.0 Å². The number of pyridine rings is 1. The molecule has 2 heterocycles. The molecule has 1 amide bonds. The van der Waals surface area contributed by atoms with Crippen LogP contribution in [0.5, 0.6) is 5.75 Å². The summed E-state index contributed by atoms with van der Waals surface area (Å²) in [6.07, 6.45) is 1.58. The summed E-state index contributed by atoms with van der Waals surface area (Å²) in [5.74, 6) is -0.0735. The summed E-state index contributed by atoms with van der Waals surface area (Å²) in [6, 6.07) is 12.8. The third-order valence-corrected chi connectivity index (χ3v) is 4.53. The van der Waals surface area contributed by atoms with E-state index in [9.17, 15) is 9.59 Å². The monoisotopic (exact) mass is 341 g/mol. The highest BCUT2D eigenvalue weighted by atomic mass is 32.1. The minimum atomic E-state index is -0.549. The number of aryl methyl sites for hydroxylation is 1. The Morgan fingerprint density at radius 3 is 2.67 bits per heavy atom. The van der Waals surface area contributed by atoms with Crippen molar-refractivity contribution in [1.29, 1.82) is 0 Å². The van der Waals surface area contributed by atoms with Crippen molar-refractivity contribution in [3.63, 3.8) is 0 Å². The topological polar surface area (TPSA) is 87.2 Å². The highest BCUT2D eigenvalue weighted by molar-refractivity contribution is 7.16. The van der Waals surface area contributed by atoms with Crippen LogP contribution in [-0.2, 0) is 6.61 Å². The van der Waals surface area contributed by atoms with Gasteiger partial charge in [0.15, 0.2) is 5.13 Å². The Balaban J connectivity index is 1.81. The zero-order chi connectivity index (χ0) is 17.1. The molecule has 0 fully saturated rings. The van der Waals surface area contributed by atoms with Crippen LogP contribution in [0, 0.1) is 6.92 Å². The van der Waals surface area contributed by atoms with Crippen LogP contribution in [0.3, 0.4) is 0 Å². The van der Waals surface area contributed by atoms with Crippen LogP contribution in [0.1, 0.15) is 20.9 Å².